The molecule has 36 heavy (non-hydrogen) atoms. The molecule has 0 atom stereocenters. The lowest BCUT2D eigenvalue weighted by Gasteiger charge is -2.07. The Balaban J connectivity index is 1.38. The van der Waals surface area contributed by atoms with Crippen LogP contribution in [0.1, 0.15) is 63.5 Å². The summed E-state index contributed by atoms with van der Waals surface area (Å²) in [4.78, 5) is 0. The molecule has 0 unspecified atom stereocenters. The maximum atomic E-state index is 5.87. The van der Waals surface area contributed by atoms with Gasteiger partial charge in [-0.1, -0.05) is 75.6 Å². The molecule has 0 N–H and O–H groups in total. The summed E-state index contributed by atoms with van der Waals surface area (Å²) in [5.74, 6) is 14.2. The summed E-state index contributed by atoms with van der Waals surface area (Å²) in [6, 6.07) is 24.9. The predicted molar refractivity (Wildman–Crippen MR) is 152 cm³/mol. The van der Waals surface area contributed by atoms with Crippen LogP contribution in [0.25, 0.3) is 21.5 Å². The maximum absolute atomic E-state index is 5.87. The molecular weight excluding hydrogens is 440 g/mol. The average molecular weight is 475 g/mol. The lowest BCUT2D eigenvalue weighted by atomic mass is 10.1. The zero-order chi connectivity index (χ0) is 25.0. The highest BCUT2D eigenvalue weighted by molar-refractivity contribution is 5.86. The van der Waals surface area contributed by atoms with Crippen LogP contribution in [0.5, 0.6) is 11.5 Å². The van der Waals surface area contributed by atoms with Gasteiger partial charge in [-0.25, -0.2) is 0 Å². The van der Waals surface area contributed by atoms with Crippen molar-refractivity contribution in [2.75, 3.05) is 13.2 Å². The third kappa shape index (κ3) is 7.31. The minimum absolute atomic E-state index is 0.771. The predicted octanol–water partition coefficient (Wildman–Crippen LogP) is 8.53. The van der Waals surface area contributed by atoms with Crippen LogP contribution in [-0.4, -0.2) is 13.2 Å². The second-order valence-corrected chi connectivity index (χ2v) is 9.06. The highest BCUT2D eigenvalue weighted by Gasteiger charge is 2.00. The molecule has 0 amide bonds. The number of rotatable bonds is 10. The van der Waals surface area contributed by atoms with E-state index in [2.05, 4.69) is 86.1 Å². The molecule has 4 rings (SSSR count). The Labute approximate surface area is 215 Å². The first-order valence-electron chi connectivity index (χ1n) is 13.1. The van der Waals surface area contributed by atoms with Gasteiger partial charge in [0.2, 0.25) is 0 Å². The van der Waals surface area contributed by atoms with Gasteiger partial charge in [-0.3, -0.25) is 0 Å². The van der Waals surface area contributed by atoms with Gasteiger partial charge in [-0.05, 0) is 94.8 Å². The Hall–Kier alpha value is -3.88. The Morgan fingerprint density at radius 3 is 1.36 bits per heavy atom. The lowest BCUT2D eigenvalue weighted by Crippen LogP contribution is -1.96. The van der Waals surface area contributed by atoms with Crippen molar-refractivity contribution in [1.82, 2.24) is 0 Å². The molecule has 0 spiro atoms. The van der Waals surface area contributed by atoms with Gasteiger partial charge in [-0.15, -0.1) is 0 Å². The van der Waals surface area contributed by atoms with E-state index in [-0.39, 0.29) is 0 Å². The van der Waals surface area contributed by atoms with E-state index >= 15 is 0 Å². The number of hydrogen-bond acceptors (Lipinski definition) is 2. The number of benzene rings is 4. The van der Waals surface area contributed by atoms with E-state index in [0.717, 1.165) is 70.2 Å². The minimum atomic E-state index is 0.771. The highest BCUT2D eigenvalue weighted by atomic mass is 16.5. The van der Waals surface area contributed by atoms with Crippen molar-refractivity contribution in [3.63, 3.8) is 0 Å². The molecule has 0 aliphatic carbocycles. The van der Waals surface area contributed by atoms with Crippen LogP contribution in [0.15, 0.2) is 72.8 Å². The summed E-state index contributed by atoms with van der Waals surface area (Å²) in [5, 5.41) is 4.62. The normalized spacial score (nSPS) is 10.4. The fraction of sp³-hybridized carbons (Fsp3) is 0.294. The fourth-order valence-electron chi connectivity index (χ4n) is 4.07. The first-order valence-corrected chi connectivity index (χ1v) is 13.1. The van der Waals surface area contributed by atoms with Gasteiger partial charge < -0.3 is 9.47 Å². The lowest BCUT2D eigenvalue weighted by molar-refractivity contribution is 0.306. The molecule has 0 saturated heterocycles. The van der Waals surface area contributed by atoms with Gasteiger partial charge in [0, 0.05) is 11.1 Å². The van der Waals surface area contributed by atoms with Crippen LogP contribution in [0.3, 0.4) is 0 Å². The molecule has 4 aromatic rings. The molecular formula is C34H34O2. The van der Waals surface area contributed by atoms with Crippen molar-refractivity contribution >= 4 is 21.5 Å². The van der Waals surface area contributed by atoms with Gasteiger partial charge in [0.25, 0.3) is 0 Å². The molecule has 0 bridgehead atoms. The molecule has 0 heterocycles. The van der Waals surface area contributed by atoms with E-state index in [1.165, 1.54) is 25.7 Å². The summed E-state index contributed by atoms with van der Waals surface area (Å²) in [7, 11) is 0. The molecule has 0 saturated carbocycles. The van der Waals surface area contributed by atoms with Crippen LogP contribution in [0.4, 0.5) is 0 Å². The third-order valence-corrected chi connectivity index (χ3v) is 6.13. The third-order valence-electron chi connectivity index (χ3n) is 6.13. The fourth-order valence-corrected chi connectivity index (χ4v) is 4.07. The number of fused-ring (bicyclic) bond motifs is 2. The topological polar surface area (TPSA) is 18.5 Å². The molecule has 2 nitrogen and oxygen atoms in total. The molecule has 0 aliphatic rings. The second kappa shape index (κ2) is 13.3. The zero-order valence-corrected chi connectivity index (χ0v) is 21.4. The Morgan fingerprint density at radius 1 is 0.500 bits per heavy atom. The van der Waals surface area contributed by atoms with Crippen molar-refractivity contribution in [3.05, 3.63) is 83.9 Å². The summed E-state index contributed by atoms with van der Waals surface area (Å²) in [6.45, 7) is 5.94. The first-order chi connectivity index (χ1) is 17.7. The Kier molecular flexibility index (Phi) is 9.30. The summed E-state index contributed by atoms with van der Waals surface area (Å²) in [6.07, 6.45) is 7.00. The van der Waals surface area contributed by atoms with Gasteiger partial charge in [0.05, 0.1) is 13.2 Å². The SMILES string of the molecule is CCCCCOc1ccc2cc(C#CC#Cc3ccc4cc(OCCCCC)ccc4c3)ccc2c1. The second-order valence-electron chi connectivity index (χ2n) is 9.06. The Bertz CT molecular complexity index is 1310. The van der Waals surface area contributed by atoms with Gasteiger partial charge in [0.15, 0.2) is 0 Å². The van der Waals surface area contributed by atoms with Crippen molar-refractivity contribution in [2.24, 2.45) is 0 Å². The van der Waals surface area contributed by atoms with Crippen molar-refractivity contribution in [1.29, 1.82) is 0 Å². The average Bonchev–Trinajstić information content (AvgIpc) is 2.91. The van der Waals surface area contributed by atoms with E-state index in [0.29, 0.717) is 0 Å². The summed E-state index contributed by atoms with van der Waals surface area (Å²) < 4.78 is 11.7. The number of hydrogen-bond donors (Lipinski definition) is 0. The molecule has 4 aromatic carbocycles. The largest absolute Gasteiger partial charge is 0.494 e. The van der Waals surface area contributed by atoms with Crippen molar-refractivity contribution < 1.29 is 9.47 Å². The van der Waals surface area contributed by atoms with Gasteiger partial charge in [-0.2, -0.15) is 0 Å². The van der Waals surface area contributed by atoms with E-state index in [1.807, 2.05) is 24.3 Å². The summed E-state index contributed by atoms with van der Waals surface area (Å²) >= 11 is 0. The van der Waals surface area contributed by atoms with E-state index in [1.54, 1.807) is 0 Å². The van der Waals surface area contributed by atoms with E-state index in [4.69, 9.17) is 9.47 Å². The highest BCUT2D eigenvalue weighted by Crippen LogP contribution is 2.23. The van der Waals surface area contributed by atoms with E-state index in [9.17, 15) is 0 Å². The van der Waals surface area contributed by atoms with Crippen LogP contribution >= 0.6 is 0 Å². The molecule has 2 heteroatoms. The standard InChI is InChI=1S/C34H34O2/c1-3-5-9-21-35-33-19-17-29-23-27(13-15-31(29)25-33)11-7-8-12-28-14-16-32-26-34(20-18-30(32)24-28)36-22-10-6-4-2/h13-20,23-26H,3-6,9-10,21-22H2,1-2H3. The van der Waals surface area contributed by atoms with E-state index < -0.39 is 0 Å². The molecule has 182 valence electrons. The minimum Gasteiger partial charge on any atom is -0.494 e. The van der Waals surface area contributed by atoms with Crippen molar-refractivity contribution in [2.45, 2.75) is 52.4 Å². The molecule has 0 radical (unpaired) electrons. The quantitative estimate of drug-likeness (QED) is 0.169. The smallest absolute Gasteiger partial charge is 0.119 e. The molecule has 0 fully saturated rings. The zero-order valence-electron chi connectivity index (χ0n) is 21.4. The monoisotopic (exact) mass is 474 g/mol. The van der Waals surface area contributed by atoms with Gasteiger partial charge in [0.1, 0.15) is 11.5 Å². The Morgan fingerprint density at radius 2 is 0.917 bits per heavy atom. The van der Waals surface area contributed by atoms with Crippen LogP contribution in [-0.2, 0) is 0 Å². The van der Waals surface area contributed by atoms with Crippen LogP contribution < -0.4 is 9.47 Å². The van der Waals surface area contributed by atoms with Crippen LogP contribution in [0.2, 0.25) is 0 Å². The molecule has 0 aromatic heterocycles. The summed E-state index contributed by atoms with van der Waals surface area (Å²) in [5.41, 5.74) is 1.91. The number of ether oxygens (including phenoxy) is 2. The molecule has 0 aliphatic heterocycles. The van der Waals surface area contributed by atoms with Crippen LogP contribution in [0, 0.1) is 23.7 Å². The first kappa shape index (κ1) is 25.2. The van der Waals surface area contributed by atoms with Crippen molar-refractivity contribution in [3.8, 4) is 35.2 Å². The van der Waals surface area contributed by atoms with Gasteiger partial charge >= 0.3 is 0 Å². The number of unbranched alkanes of at least 4 members (excludes halogenated alkanes) is 4. The maximum Gasteiger partial charge on any atom is 0.119 e.